The molecule has 1 fully saturated rings. The van der Waals surface area contributed by atoms with Gasteiger partial charge in [-0.25, -0.2) is 0 Å². The number of nitro groups is 1. The number of nitrogens with zero attached hydrogens (tertiary/aromatic N) is 2. The van der Waals surface area contributed by atoms with Crippen molar-refractivity contribution in [2.75, 3.05) is 11.4 Å². The standard InChI is InChI=1S/C15H21N3O3/c1-10(2)16-13-5-4-8-17(15(13)19)12-6-7-14(18(20)21)11(3)9-12/h6-7,9-10,13,16H,4-5,8H2,1-3H3. The summed E-state index contributed by atoms with van der Waals surface area (Å²) in [5, 5.41) is 14.1. The molecular weight excluding hydrogens is 270 g/mol. The molecule has 21 heavy (non-hydrogen) atoms. The average molecular weight is 291 g/mol. The lowest BCUT2D eigenvalue weighted by Crippen LogP contribution is -2.52. The zero-order chi connectivity index (χ0) is 15.6. The van der Waals surface area contributed by atoms with Crippen molar-refractivity contribution in [3.8, 4) is 0 Å². The van der Waals surface area contributed by atoms with Crippen molar-refractivity contribution in [1.82, 2.24) is 5.32 Å². The number of piperidine rings is 1. The third-order valence-electron chi connectivity index (χ3n) is 3.66. The van der Waals surface area contributed by atoms with Crippen molar-refractivity contribution >= 4 is 17.3 Å². The van der Waals surface area contributed by atoms with Crippen LogP contribution in [0.3, 0.4) is 0 Å². The highest BCUT2D eigenvalue weighted by Crippen LogP contribution is 2.27. The highest BCUT2D eigenvalue weighted by molar-refractivity contribution is 5.98. The van der Waals surface area contributed by atoms with Crippen LogP contribution >= 0.6 is 0 Å². The zero-order valence-corrected chi connectivity index (χ0v) is 12.6. The summed E-state index contributed by atoms with van der Waals surface area (Å²) < 4.78 is 0. The number of carbonyl (C=O) groups excluding carboxylic acids is 1. The fourth-order valence-corrected chi connectivity index (χ4v) is 2.70. The Hall–Kier alpha value is -1.95. The number of nitro benzene ring substituents is 1. The molecular formula is C15H21N3O3. The van der Waals surface area contributed by atoms with Gasteiger partial charge in [-0.1, -0.05) is 13.8 Å². The number of carbonyl (C=O) groups is 1. The van der Waals surface area contributed by atoms with Gasteiger partial charge < -0.3 is 10.2 Å². The molecule has 0 aromatic heterocycles. The van der Waals surface area contributed by atoms with Crippen LogP contribution in [0.2, 0.25) is 0 Å². The first kappa shape index (κ1) is 15.4. The fourth-order valence-electron chi connectivity index (χ4n) is 2.70. The topological polar surface area (TPSA) is 75.5 Å². The first-order chi connectivity index (χ1) is 9.90. The largest absolute Gasteiger partial charge is 0.311 e. The molecule has 0 spiro atoms. The number of rotatable bonds is 4. The highest BCUT2D eigenvalue weighted by atomic mass is 16.6. The molecule has 0 saturated carbocycles. The van der Waals surface area contributed by atoms with Gasteiger partial charge in [-0.2, -0.15) is 0 Å². The normalized spacial score (nSPS) is 19.1. The Morgan fingerprint density at radius 3 is 2.71 bits per heavy atom. The van der Waals surface area contributed by atoms with E-state index in [4.69, 9.17) is 0 Å². The number of nitrogens with one attached hydrogen (secondary N) is 1. The van der Waals surface area contributed by atoms with Gasteiger partial charge in [0.15, 0.2) is 0 Å². The van der Waals surface area contributed by atoms with E-state index in [9.17, 15) is 14.9 Å². The molecule has 2 rings (SSSR count). The molecule has 1 heterocycles. The Labute approximate surface area is 124 Å². The van der Waals surface area contributed by atoms with E-state index in [1.165, 1.54) is 6.07 Å². The quantitative estimate of drug-likeness (QED) is 0.682. The SMILES string of the molecule is Cc1cc(N2CCCC(NC(C)C)C2=O)ccc1[N+](=O)[O-]. The number of aryl methyl sites for hydroxylation is 1. The van der Waals surface area contributed by atoms with Crippen LogP contribution in [0.1, 0.15) is 32.3 Å². The van der Waals surface area contributed by atoms with E-state index in [0.29, 0.717) is 12.1 Å². The summed E-state index contributed by atoms with van der Waals surface area (Å²) in [6, 6.07) is 4.91. The van der Waals surface area contributed by atoms with E-state index in [2.05, 4.69) is 5.32 Å². The molecule has 1 aliphatic rings. The number of hydrogen-bond donors (Lipinski definition) is 1. The molecule has 6 heteroatoms. The molecule has 0 aliphatic carbocycles. The summed E-state index contributed by atoms with van der Waals surface area (Å²) in [6.45, 7) is 6.39. The summed E-state index contributed by atoms with van der Waals surface area (Å²) >= 11 is 0. The van der Waals surface area contributed by atoms with Crippen LogP contribution in [0.5, 0.6) is 0 Å². The monoisotopic (exact) mass is 291 g/mol. The minimum atomic E-state index is -0.403. The maximum Gasteiger partial charge on any atom is 0.272 e. The van der Waals surface area contributed by atoms with Gasteiger partial charge in [0.25, 0.3) is 5.69 Å². The van der Waals surface area contributed by atoms with Gasteiger partial charge >= 0.3 is 0 Å². The highest BCUT2D eigenvalue weighted by Gasteiger charge is 2.30. The Balaban J connectivity index is 2.22. The molecule has 6 nitrogen and oxygen atoms in total. The number of hydrogen-bond acceptors (Lipinski definition) is 4. The molecule has 1 aliphatic heterocycles. The van der Waals surface area contributed by atoms with Gasteiger partial charge in [-0.3, -0.25) is 14.9 Å². The zero-order valence-electron chi connectivity index (χ0n) is 12.6. The van der Waals surface area contributed by atoms with Gasteiger partial charge in [-0.05, 0) is 31.9 Å². The van der Waals surface area contributed by atoms with Crippen molar-refractivity contribution in [2.45, 2.75) is 45.7 Å². The van der Waals surface area contributed by atoms with E-state index < -0.39 is 4.92 Å². The van der Waals surface area contributed by atoms with E-state index in [0.717, 1.165) is 18.5 Å². The molecule has 1 atom stereocenters. The lowest BCUT2D eigenvalue weighted by molar-refractivity contribution is -0.385. The molecule has 1 unspecified atom stereocenters. The maximum absolute atomic E-state index is 12.5. The first-order valence-electron chi connectivity index (χ1n) is 7.22. The van der Waals surface area contributed by atoms with Gasteiger partial charge in [0, 0.05) is 29.9 Å². The minimum Gasteiger partial charge on any atom is -0.311 e. The Kier molecular flexibility index (Phi) is 4.57. The van der Waals surface area contributed by atoms with E-state index >= 15 is 0 Å². The predicted octanol–water partition coefficient (Wildman–Crippen LogP) is 2.40. The van der Waals surface area contributed by atoms with Crippen molar-refractivity contribution in [3.63, 3.8) is 0 Å². The Morgan fingerprint density at radius 2 is 2.14 bits per heavy atom. The van der Waals surface area contributed by atoms with Crippen molar-refractivity contribution in [2.24, 2.45) is 0 Å². The fraction of sp³-hybridized carbons (Fsp3) is 0.533. The van der Waals surface area contributed by atoms with E-state index in [1.54, 1.807) is 24.0 Å². The third-order valence-corrected chi connectivity index (χ3v) is 3.66. The minimum absolute atomic E-state index is 0.0446. The number of anilines is 1. The van der Waals surface area contributed by atoms with E-state index in [-0.39, 0.29) is 23.7 Å². The Bertz CT molecular complexity index is 557. The van der Waals surface area contributed by atoms with Crippen molar-refractivity contribution in [3.05, 3.63) is 33.9 Å². The van der Waals surface area contributed by atoms with Crippen LogP contribution in [-0.2, 0) is 4.79 Å². The van der Waals surface area contributed by atoms with Crippen LogP contribution in [-0.4, -0.2) is 29.5 Å². The molecule has 1 N–H and O–H groups in total. The third kappa shape index (κ3) is 3.39. The molecule has 114 valence electrons. The van der Waals surface area contributed by atoms with Crippen LogP contribution in [0.25, 0.3) is 0 Å². The summed E-state index contributed by atoms with van der Waals surface area (Å²) in [7, 11) is 0. The molecule has 1 amide bonds. The second-order valence-electron chi connectivity index (χ2n) is 5.73. The van der Waals surface area contributed by atoms with Crippen molar-refractivity contribution < 1.29 is 9.72 Å². The molecule has 1 saturated heterocycles. The summed E-state index contributed by atoms with van der Waals surface area (Å²) in [4.78, 5) is 24.7. The van der Waals surface area contributed by atoms with E-state index in [1.807, 2.05) is 13.8 Å². The average Bonchev–Trinajstić information content (AvgIpc) is 2.40. The predicted molar refractivity (Wildman–Crippen MR) is 81.5 cm³/mol. The van der Waals surface area contributed by atoms with Gasteiger partial charge in [0.05, 0.1) is 11.0 Å². The van der Waals surface area contributed by atoms with Crippen LogP contribution in [0, 0.1) is 17.0 Å². The van der Waals surface area contributed by atoms with Gasteiger partial charge in [0.2, 0.25) is 5.91 Å². The Morgan fingerprint density at radius 1 is 1.43 bits per heavy atom. The second kappa shape index (κ2) is 6.22. The summed E-state index contributed by atoms with van der Waals surface area (Å²) in [5.74, 6) is 0.0446. The van der Waals surface area contributed by atoms with Crippen LogP contribution < -0.4 is 10.2 Å². The lowest BCUT2D eigenvalue weighted by atomic mass is 10.0. The smallest absolute Gasteiger partial charge is 0.272 e. The number of benzene rings is 1. The summed E-state index contributed by atoms with van der Waals surface area (Å²) in [6.07, 6.45) is 1.76. The maximum atomic E-state index is 12.5. The van der Waals surface area contributed by atoms with Crippen LogP contribution in [0.4, 0.5) is 11.4 Å². The molecule has 1 aromatic rings. The summed E-state index contributed by atoms with van der Waals surface area (Å²) in [5.41, 5.74) is 1.39. The number of amides is 1. The second-order valence-corrected chi connectivity index (χ2v) is 5.73. The van der Waals surface area contributed by atoms with Gasteiger partial charge in [0.1, 0.15) is 0 Å². The molecule has 0 bridgehead atoms. The first-order valence-corrected chi connectivity index (χ1v) is 7.22. The van der Waals surface area contributed by atoms with Gasteiger partial charge in [-0.15, -0.1) is 0 Å². The molecule has 1 aromatic carbocycles. The van der Waals surface area contributed by atoms with Crippen molar-refractivity contribution in [1.29, 1.82) is 0 Å². The molecule has 0 radical (unpaired) electrons. The lowest BCUT2D eigenvalue weighted by Gasteiger charge is -2.33. The van der Waals surface area contributed by atoms with Crippen LogP contribution in [0.15, 0.2) is 18.2 Å².